The average Bonchev–Trinajstić information content (AvgIpc) is 3.24. The predicted molar refractivity (Wildman–Crippen MR) is 133 cm³/mol. The third-order valence-corrected chi connectivity index (χ3v) is 6.38. The van der Waals surface area contributed by atoms with E-state index in [4.69, 9.17) is 4.74 Å². The van der Waals surface area contributed by atoms with Crippen molar-refractivity contribution in [2.75, 3.05) is 20.3 Å². The van der Waals surface area contributed by atoms with Crippen molar-refractivity contribution >= 4 is 17.7 Å². The van der Waals surface area contributed by atoms with Crippen LogP contribution < -0.4 is 5.32 Å². The van der Waals surface area contributed by atoms with Gasteiger partial charge in [0.05, 0.1) is 29.3 Å². The highest BCUT2D eigenvalue weighted by Gasteiger charge is 2.30. The molecule has 3 aromatic rings. The molecule has 2 unspecified atom stereocenters. The maximum atomic E-state index is 12.3. The first-order chi connectivity index (χ1) is 17.8. The number of nitro benzene ring substituents is 1. The van der Waals surface area contributed by atoms with E-state index in [1.165, 1.54) is 12.1 Å². The Bertz CT molecular complexity index is 1280. The highest BCUT2D eigenvalue weighted by Crippen LogP contribution is 2.44. The van der Waals surface area contributed by atoms with Crippen LogP contribution >= 0.6 is 0 Å². The maximum absolute atomic E-state index is 12.3. The van der Waals surface area contributed by atoms with Gasteiger partial charge in [-0.25, -0.2) is 9.59 Å². The molecular formula is C27H26N2O8. The van der Waals surface area contributed by atoms with Crippen LogP contribution in [-0.2, 0) is 9.47 Å². The predicted octanol–water partition coefficient (Wildman–Crippen LogP) is 3.70. The molecule has 1 aliphatic rings. The van der Waals surface area contributed by atoms with Crippen molar-refractivity contribution < 1.29 is 34.2 Å². The van der Waals surface area contributed by atoms with Crippen molar-refractivity contribution in [2.45, 2.75) is 24.5 Å². The number of nitrogens with zero attached hydrogens (tertiary/aromatic N) is 1. The standard InChI is InChI=1S/C27H26N2O8/c1-36-26(32)16-10-11-21(23(14-16)29(34)35)25(31)24(30)12-13-28-27(33)37-15-22-19-8-4-2-6-17(19)18-7-3-5-9-20(18)22/h2-11,14,22,24-25,30-31H,12-13,15H2,1H3,(H,28,33). The molecule has 4 rings (SSSR count). The molecule has 2 atom stereocenters. The molecule has 0 saturated heterocycles. The van der Waals surface area contributed by atoms with Crippen LogP contribution in [0.25, 0.3) is 11.1 Å². The molecule has 0 bridgehead atoms. The Balaban J connectivity index is 1.32. The second kappa shape index (κ2) is 11.2. The summed E-state index contributed by atoms with van der Waals surface area (Å²) < 4.78 is 9.99. The van der Waals surface area contributed by atoms with Crippen LogP contribution in [0.1, 0.15) is 45.5 Å². The van der Waals surface area contributed by atoms with E-state index >= 15 is 0 Å². The topological polar surface area (TPSA) is 148 Å². The van der Waals surface area contributed by atoms with Crippen molar-refractivity contribution in [3.63, 3.8) is 0 Å². The van der Waals surface area contributed by atoms with Gasteiger partial charge in [-0.05, 0) is 40.8 Å². The lowest BCUT2D eigenvalue weighted by molar-refractivity contribution is -0.386. The van der Waals surface area contributed by atoms with Crippen LogP contribution in [0.2, 0.25) is 0 Å². The minimum Gasteiger partial charge on any atom is -0.465 e. The zero-order valence-electron chi connectivity index (χ0n) is 20.0. The second-order valence-corrected chi connectivity index (χ2v) is 8.58. The summed E-state index contributed by atoms with van der Waals surface area (Å²) >= 11 is 0. The molecule has 0 heterocycles. The minimum atomic E-state index is -1.61. The average molecular weight is 507 g/mol. The summed E-state index contributed by atoms with van der Waals surface area (Å²) in [5.41, 5.74) is 3.63. The Kier molecular flexibility index (Phi) is 7.80. The fraction of sp³-hybridized carbons (Fsp3) is 0.259. The fourth-order valence-electron chi connectivity index (χ4n) is 4.53. The second-order valence-electron chi connectivity index (χ2n) is 8.58. The third-order valence-electron chi connectivity index (χ3n) is 6.38. The number of ether oxygens (including phenoxy) is 2. The molecule has 0 aliphatic heterocycles. The number of esters is 1. The largest absolute Gasteiger partial charge is 0.465 e. The van der Waals surface area contributed by atoms with Gasteiger partial charge in [0.1, 0.15) is 12.7 Å². The van der Waals surface area contributed by atoms with E-state index in [1.54, 1.807) is 0 Å². The number of rotatable bonds is 9. The smallest absolute Gasteiger partial charge is 0.407 e. The van der Waals surface area contributed by atoms with E-state index in [2.05, 4.69) is 10.1 Å². The van der Waals surface area contributed by atoms with E-state index in [0.717, 1.165) is 35.4 Å². The van der Waals surface area contributed by atoms with Crippen molar-refractivity contribution in [1.82, 2.24) is 5.32 Å². The molecule has 1 aliphatic carbocycles. The highest BCUT2D eigenvalue weighted by molar-refractivity contribution is 5.90. The van der Waals surface area contributed by atoms with Crippen molar-refractivity contribution in [1.29, 1.82) is 0 Å². The van der Waals surface area contributed by atoms with Gasteiger partial charge in [-0.15, -0.1) is 0 Å². The zero-order chi connectivity index (χ0) is 26.5. The number of alkyl carbamates (subject to hydrolysis) is 1. The summed E-state index contributed by atoms with van der Waals surface area (Å²) in [7, 11) is 1.14. The van der Waals surface area contributed by atoms with Crippen molar-refractivity contribution in [2.24, 2.45) is 0 Å². The molecule has 0 fully saturated rings. The first kappa shape index (κ1) is 25.8. The number of fused-ring (bicyclic) bond motifs is 3. The van der Waals surface area contributed by atoms with Gasteiger partial charge in [-0.2, -0.15) is 0 Å². The molecule has 0 saturated carbocycles. The molecule has 10 nitrogen and oxygen atoms in total. The molecule has 192 valence electrons. The summed E-state index contributed by atoms with van der Waals surface area (Å²) in [6, 6.07) is 19.3. The van der Waals surface area contributed by atoms with E-state index in [0.29, 0.717) is 0 Å². The third kappa shape index (κ3) is 5.45. The van der Waals surface area contributed by atoms with Gasteiger partial charge in [0.2, 0.25) is 0 Å². The molecular weight excluding hydrogens is 480 g/mol. The normalized spacial score (nSPS) is 13.7. The molecule has 0 spiro atoms. The number of carbonyl (C=O) groups excluding carboxylic acids is 2. The summed E-state index contributed by atoms with van der Waals surface area (Å²) in [4.78, 5) is 34.6. The number of aliphatic hydroxyl groups is 2. The lowest BCUT2D eigenvalue weighted by Gasteiger charge is -2.19. The Hall–Kier alpha value is -4.28. The SMILES string of the molecule is COC(=O)c1ccc(C(O)C(O)CCNC(=O)OCC2c3ccccc3-c3ccccc32)c([N+](=O)[O-])c1. The monoisotopic (exact) mass is 506 g/mol. The van der Waals surface area contributed by atoms with Gasteiger partial charge in [0, 0.05) is 18.5 Å². The number of methoxy groups -OCH3 is 1. The van der Waals surface area contributed by atoms with Crippen LogP contribution in [0.5, 0.6) is 0 Å². The summed E-state index contributed by atoms with van der Waals surface area (Å²) in [6.45, 7) is 0.0900. The van der Waals surface area contributed by atoms with E-state index in [-0.39, 0.29) is 36.6 Å². The molecule has 1 amide bonds. The van der Waals surface area contributed by atoms with Crippen LogP contribution in [0.4, 0.5) is 10.5 Å². The summed E-state index contributed by atoms with van der Waals surface area (Å²) in [6.07, 6.45) is -3.81. The van der Waals surface area contributed by atoms with Gasteiger partial charge < -0.3 is 25.0 Å². The Morgan fingerprint density at radius 2 is 1.65 bits per heavy atom. The molecule has 3 aromatic carbocycles. The van der Waals surface area contributed by atoms with Crippen molar-refractivity contribution in [3.8, 4) is 11.1 Å². The first-order valence-corrected chi connectivity index (χ1v) is 11.6. The number of aliphatic hydroxyl groups excluding tert-OH is 2. The zero-order valence-corrected chi connectivity index (χ0v) is 20.0. The fourth-order valence-corrected chi connectivity index (χ4v) is 4.53. The minimum absolute atomic E-state index is 0.0387. The summed E-state index contributed by atoms with van der Waals surface area (Å²) in [5.74, 6) is -0.865. The highest BCUT2D eigenvalue weighted by atomic mass is 16.6. The number of nitro groups is 1. The quantitative estimate of drug-likeness (QED) is 0.226. The number of nitrogens with one attached hydrogen (secondary N) is 1. The van der Waals surface area contributed by atoms with Gasteiger partial charge in [-0.1, -0.05) is 48.5 Å². The number of carbonyl (C=O) groups is 2. The Morgan fingerprint density at radius 1 is 1.03 bits per heavy atom. The van der Waals surface area contributed by atoms with Gasteiger partial charge in [0.25, 0.3) is 5.69 Å². The lowest BCUT2D eigenvalue weighted by atomic mass is 9.98. The van der Waals surface area contributed by atoms with Gasteiger partial charge in [-0.3, -0.25) is 10.1 Å². The van der Waals surface area contributed by atoms with Crippen LogP contribution in [0, 0.1) is 10.1 Å². The van der Waals surface area contributed by atoms with Crippen LogP contribution in [-0.4, -0.2) is 53.6 Å². The number of hydrogen-bond donors (Lipinski definition) is 3. The molecule has 0 aromatic heterocycles. The number of hydrogen-bond acceptors (Lipinski definition) is 8. The molecule has 0 radical (unpaired) electrons. The van der Waals surface area contributed by atoms with E-state index < -0.39 is 34.9 Å². The number of amides is 1. The van der Waals surface area contributed by atoms with Crippen LogP contribution in [0.15, 0.2) is 66.7 Å². The lowest BCUT2D eigenvalue weighted by Crippen LogP contribution is -2.30. The van der Waals surface area contributed by atoms with Gasteiger partial charge >= 0.3 is 12.1 Å². The first-order valence-electron chi connectivity index (χ1n) is 11.6. The molecule has 10 heteroatoms. The van der Waals surface area contributed by atoms with Crippen LogP contribution in [0.3, 0.4) is 0 Å². The molecule has 37 heavy (non-hydrogen) atoms. The molecule has 3 N–H and O–H groups in total. The van der Waals surface area contributed by atoms with E-state index in [1.807, 2.05) is 48.5 Å². The van der Waals surface area contributed by atoms with E-state index in [9.17, 15) is 29.9 Å². The number of benzene rings is 3. The Labute approximate surface area is 212 Å². The Morgan fingerprint density at radius 3 is 2.24 bits per heavy atom. The van der Waals surface area contributed by atoms with Gasteiger partial charge in [0.15, 0.2) is 0 Å². The maximum Gasteiger partial charge on any atom is 0.407 e. The van der Waals surface area contributed by atoms with Crippen molar-refractivity contribution in [3.05, 3.63) is 99.1 Å². The summed E-state index contributed by atoms with van der Waals surface area (Å²) in [5, 5.41) is 34.8.